The minimum Gasteiger partial charge on any atom is -0.387 e. The van der Waals surface area contributed by atoms with E-state index >= 15 is 0 Å². The lowest BCUT2D eigenvalue weighted by atomic mass is 10.1. The SMILES string of the molecule is C=CCCC(C(=O)NC)N1Cc2cc(N3CCN(c4ccc(Nc5ncc6c(=O)n(CC=C)n(-c7ccc8c(n7)C(O)CC8)c6n5)cc4)CC3)ccc2C1=O. The third kappa shape index (κ3) is 6.62. The fourth-order valence-electron chi connectivity index (χ4n) is 7.90. The summed E-state index contributed by atoms with van der Waals surface area (Å²) in [6.45, 7) is 11.5. The van der Waals surface area contributed by atoms with Gasteiger partial charge in [0.15, 0.2) is 11.5 Å². The number of likely N-dealkylation sites (N-methyl/N-ethyl adjacent to an activating group) is 1. The highest BCUT2D eigenvalue weighted by Gasteiger charge is 2.36. The van der Waals surface area contributed by atoms with Crippen molar-refractivity contribution in [2.75, 3.05) is 48.3 Å². The van der Waals surface area contributed by atoms with Crippen molar-refractivity contribution in [1.29, 1.82) is 0 Å². The lowest BCUT2D eigenvalue weighted by Crippen LogP contribution is -2.46. The number of hydrogen-bond acceptors (Lipinski definition) is 10. The summed E-state index contributed by atoms with van der Waals surface area (Å²) in [6.07, 6.45) is 6.89. The monoisotopic (exact) mass is 740 g/mol. The van der Waals surface area contributed by atoms with E-state index < -0.39 is 12.1 Å². The molecule has 2 aliphatic heterocycles. The fraction of sp³-hybridized carbons (Fsp3) is 0.317. The van der Waals surface area contributed by atoms with Gasteiger partial charge >= 0.3 is 0 Å². The van der Waals surface area contributed by atoms with Gasteiger partial charge in [0.05, 0.1) is 18.3 Å². The molecule has 0 bridgehead atoms. The van der Waals surface area contributed by atoms with Gasteiger partial charge in [-0.15, -0.1) is 13.2 Å². The van der Waals surface area contributed by atoms with Crippen LogP contribution in [0.1, 0.15) is 52.5 Å². The van der Waals surface area contributed by atoms with Gasteiger partial charge in [-0.25, -0.2) is 19.3 Å². The number of nitrogens with zero attached hydrogens (tertiary/aromatic N) is 8. The van der Waals surface area contributed by atoms with Gasteiger partial charge in [-0.05, 0) is 85.3 Å². The maximum absolute atomic E-state index is 13.4. The number of carbonyl (C=O) groups is 2. The quantitative estimate of drug-likeness (QED) is 0.158. The van der Waals surface area contributed by atoms with Crippen LogP contribution >= 0.6 is 0 Å². The van der Waals surface area contributed by atoms with E-state index in [1.165, 1.54) is 10.9 Å². The zero-order valence-corrected chi connectivity index (χ0v) is 30.8. The van der Waals surface area contributed by atoms with Gasteiger partial charge in [0, 0.05) is 68.6 Å². The second kappa shape index (κ2) is 14.9. The number of hydrogen-bond donors (Lipinski definition) is 3. The molecule has 5 heterocycles. The zero-order chi connectivity index (χ0) is 38.2. The van der Waals surface area contributed by atoms with Crippen LogP contribution in [0.5, 0.6) is 0 Å². The van der Waals surface area contributed by atoms with Crippen molar-refractivity contribution in [1.82, 2.24) is 34.5 Å². The topological polar surface area (TPSA) is 154 Å². The number of pyridine rings is 1. The van der Waals surface area contributed by atoms with E-state index in [-0.39, 0.29) is 23.9 Å². The van der Waals surface area contributed by atoms with Gasteiger partial charge in [-0.2, -0.15) is 4.98 Å². The van der Waals surface area contributed by atoms with Crippen molar-refractivity contribution in [2.24, 2.45) is 0 Å². The average molecular weight is 741 g/mol. The summed E-state index contributed by atoms with van der Waals surface area (Å²) in [5.41, 5.74) is 6.36. The molecular weight excluding hydrogens is 697 g/mol. The minimum absolute atomic E-state index is 0.106. The van der Waals surface area contributed by atoms with Crippen LogP contribution in [-0.2, 0) is 24.3 Å². The number of carbonyl (C=O) groups excluding carboxylic acids is 2. The van der Waals surface area contributed by atoms with Crippen molar-refractivity contribution < 1.29 is 14.7 Å². The van der Waals surface area contributed by atoms with Crippen molar-refractivity contribution in [3.05, 3.63) is 119 Å². The van der Waals surface area contributed by atoms with E-state index in [1.54, 1.807) is 28.8 Å². The normalized spacial score (nSPS) is 16.9. The first-order valence-corrected chi connectivity index (χ1v) is 18.7. The van der Waals surface area contributed by atoms with E-state index in [0.29, 0.717) is 59.9 Å². The fourth-order valence-corrected chi connectivity index (χ4v) is 7.90. The molecule has 14 nitrogen and oxygen atoms in total. The first kappa shape index (κ1) is 35.7. The van der Waals surface area contributed by atoms with Gasteiger partial charge < -0.3 is 30.4 Å². The van der Waals surface area contributed by atoms with Crippen molar-refractivity contribution in [3.8, 4) is 5.82 Å². The lowest BCUT2D eigenvalue weighted by molar-refractivity contribution is -0.125. The van der Waals surface area contributed by atoms with Crippen molar-refractivity contribution >= 4 is 45.9 Å². The standard InChI is InChI=1S/C41H44N10O4/c1-4-6-7-33(38(53)42-3)49-25-27-23-30(14-15-31(27)39(49)54)48-21-19-47(20-22-48)29-12-10-28(11-13-29)44-41-43-24-32-37(46-41)51(50(18-5-2)40(32)55)35-17-9-26-8-16-34(52)36(26)45-35/h4-5,9-15,17,23-24,33-34,52H,1-2,6-8,16,18-22,25H2,3H3,(H,42,53)(H,43,44,46). The molecule has 0 spiro atoms. The third-order valence-corrected chi connectivity index (χ3v) is 10.8. The largest absolute Gasteiger partial charge is 0.387 e. The highest BCUT2D eigenvalue weighted by Crippen LogP contribution is 2.32. The number of rotatable bonds is 12. The van der Waals surface area contributed by atoms with Crippen LogP contribution in [0.4, 0.5) is 23.0 Å². The Kier molecular flexibility index (Phi) is 9.66. The van der Waals surface area contributed by atoms with E-state index in [4.69, 9.17) is 9.97 Å². The number of nitrogens with one attached hydrogen (secondary N) is 2. The molecule has 1 fully saturated rings. The number of benzene rings is 2. The molecule has 0 radical (unpaired) electrons. The minimum atomic E-state index is -0.635. The molecule has 282 valence electrons. The number of anilines is 4. The first-order chi connectivity index (χ1) is 26.8. The number of allylic oxidation sites excluding steroid dienone is 2. The predicted molar refractivity (Wildman–Crippen MR) is 212 cm³/mol. The lowest BCUT2D eigenvalue weighted by Gasteiger charge is -2.37. The molecule has 3 N–H and O–H groups in total. The van der Waals surface area contributed by atoms with Gasteiger partial charge in [0.1, 0.15) is 11.4 Å². The van der Waals surface area contributed by atoms with E-state index in [9.17, 15) is 19.5 Å². The van der Waals surface area contributed by atoms with Crippen LogP contribution in [0.25, 0.3) is 16.9 Å². The number of aliphatic hydroxyl groups excluding tert-OH is 1. The number of piperazine rings is 1. The van der Waals surface area contributed by atoms with Crippen LogP contribution in [0, 0.1) is 0 Å². The molecule has 3 aromatic heterocycles. The van der Waals surface area contributed by atoms with Gasteiger partial charge in [-0.1, -0.05) is 18.2 Å². The molecule has 14 heteroatoms. The molecule has 2 atom stereocenters. The Hall–Kier alpha value is -6.28. The molecular formula is C41H44N10O4. The van der Waals surface area contributed by atoms with Crippen LogP contribution in [0.3, 0.4) is 0 Å². The number of amides is 2. The third-order valence-electron chi connectivity index (χ3n) is 10.8. The Bertz CT molecular complexity index is 2360. The molecule has 2 unspecified atom stereocenters. The predicted octanol–water partition coefficient (Wildman–Crippen LogP) is 4.25. The number of aliphatic hydroxyl groups is 1. The Morgan fingerprint density at radius 3 is 2.44 bits per heavy atom. The average Bonchev–Trinajstić information content (AvgIpc) is 3.84. The summed E-state index contributed by atoms with van der Waals surface area (Å²) in [4.78, 5) is 59.7. The molecule has 55 heavy (non-hydrogen) atoms. The summed E-state index contributed by atoms with van der Waals surface area (Å²) < 4.78 is 3.20. The highest BCUT2D eigenvalue weighted by atomic mass is 16.3. The molecule has 1 aliphatic carbocycles. The molecule has 8 rings (SSSR count). The van der Waals surface area contributed by atoms with E-state index in [2.05, 4.69) is 56.8 Å². The Morgan fingerprint density at radius 2 is 1.71 bits per heavy atom. The maximum Gasteiger partial charge on any atom is 0.278 e. The van der Waals surface area contributed by atoms with Crippen LogP contribution < -0.4 is 26.0 Å². The Morgan fingerprint density at radius 1 is 0.964 bits per heavy atom. The van der Waals surface area contributed by atoms with Crippen LogP contribution in [-0.4, -0.2) is 85.4 Å². The summed E-state index contributed by atoms with van der Waals surface area (Å²) in [7, 11) is 1.60. The Labute approximate surface area is 318 Å². The molecule has 2 aromatic carbocycles. The molecule has 5 aromatic rings. The highest BCUT2D eigenvalue weighted by molar-refractivity contribution is 6.01. The van der Waals surface area contributed by atoms with Gasteiger partial charge in [0.25, 0.3) is 11.5 Å². The molecule has 0 saturated carbocycles. The summed E-state index contributed by atoms with van der Waals surface area (Å²) in [5.74, 6) is 0.558. The second-order valence-corrected chi connectivity index (χ2v) is 14.1. The van der Waals surface area contributed by atoms with Gasteiger partial charge in [-0.3, -0.25) is 14.4 Å². The summed E-state index contributed by atoms with van der Waals surface area (Å²) in [6, 6.07) is 17.4. The maximum atomic E-state index is 13.4. The Balaban J connectivity index is 0.940. The number of fused-ring (bicyclic) bond motifs is 3. The summed E-state index contributed by atoms with van der Waals surface area (Å²) in [5, 5.41) is 16.8. The number of aryl methyl sites for hydroxylation is 1. The molecule has 2 amide bonds. The molecule has 1 saturated heterocycles. The van der Waals surface area contributed by atoms with Gasteiger partial charge in [0.2, 0.25) is 11.9 Å². The second-order valence-electron chi connectivity index (χ2n) is 14.1. The van der Waals surface area contributed by atoms with Crippen LogP contribution in [0.15, 0.2) is 90.9 Å². The molecule has 3 aliphatic rings. The van der Waals surface area contributed by atoms with E-state index in [1.807, 2.05) is 36.4 Å². The van der Waals surface area contributed by atoms with Crippen LogP contribution in [0.2, 0.25) is 0 Å². The number of aromatic nitrogens is 5. The smallest absolute Gasteiger partial charge is 0.278 e. The van der Waals surface area contributed by atoms with E-state index in [0.717, 1.165) is 60.8 Å². The van der Waals surface area contributed by atoms with Crippen molar-refractivity contribution in [3.63, 3.8) is 0 Å². The zero-order valence-electron chi connectivity index (χ0n) is 30.8. The first-order valence-electron chi connectivity index (χ1n) is 18.7. The van der Waals surface area contributed by atoms with Crippen molar-refractivity contribution in [2.45, 2.75) is 50.9 Å². The summed E-state index contributed by atoms with van der Waals surface area (Å²) >= 11 is 0.